The maximum atomic E-state index is 13.5. The van der Waals surface area contributed by atoms with E-state index in [0.29, 0.717) is 12.1 Å². The number of aliphatic carboxylic acids is 2. The molecule has 1 aromatic rings. The molecule has 1 saturated heterocycles. The number of nitrogens with one attached hydrogen (secondary N) is 1. The maximum absolute atomic E-state index is 13.5. The molecule has 2 aliphatic heterocycles. The Bertz CT molecular complexity index is 1510. The quantitative estimate of drug-likeness (QED) is 0.0787. The number of Topliss-reactive ketones (excluding diaryl/α,β-unsaturated/α-hetero) is 1. The van der Waals surface area contributed by atoms with Crippen LogP contribution in [0.15, 0.2) is 41.6 Å². The molecule has 2 aliphatic rings. The average molecular weight is 748 g/mol. The Kier molecular flexibility index (Phi) is 14.9. The summed E-state index contributed by atoms with van der Waals surface area (Å²) in [6.45, 7) is 6.62. The molecule has 0 aromatic heterocycles. The Morgan fingerprint density at radius 1 is 1.16 bits per heavy atom. The summed E-state index contributed by atoms with van der Waals surface area (Å²) < 4.78 is 36.7. The number of halogens is 3. The van der Waals surface area contributed by atoms with E-state index in [9.17, 15) is 42.3 Å². The van der Waals surface area contributed by atoms with Crippen LogP contribution >= 0.6 is 24.0 Å². The third-order valence-electron chi connectivity index (χ3n) is 7.52. The summed E-state index contributed by atoms with van der Waals surface area (Å²) in [6, 6.07) is 7.45. The summed E-state index contributed by atoms with van der Waals surface area (Å²) in [6.07, 6.45) is -4.79. The summed E-state index contributed by atoms with van der Waals surface area (Å²) in [5.41, 5.74) is 11.8. The van der Waals surface area contributed by atoms with Gasteiger partial charge in [-0.15, -0.1) is 11.8 Å². The van der Waals surface area contributed by atoms with Crippen molar-refractivity contribution < 1.29 is 56.9 Å². The number of likely N-dealkylation sites (N-methyl/N-ethyl adjacent to an activating group) is 1. The van der Waals surface area contributed by atoms with Gasteiger partial charge >= 0.3 is 24.1 Å². The SMILES string of the molecule is CCN(C(=S)CNC(=O)[C@@](N)(CC(C)C)C(=O)[C@@H](N)Cc1ccccc1)[C@@H]1C(=O)N2C(C(=O)O)=C(COC(C)=O)CS[C@@H]12.O=C(O)C(F)(F)F. The van der Waals surface area contributed by atoms with Gasteiger partial charge in [0, 0.05) is 24.8 Å². The van der Waals surface area contributed by atoms with Crippen LogP contribution in [-0.4, -0.2) is 115 Å². The molecular weight excluding hydrogens is 707 g/mol. The van der Waals surface area contributed by atoms with Gasteiger partial charge in [0.2, 0.25) is 5.91 Å². The second kappa shape index (κ2) is 17.7. The molecule has 2 amide bonds. The molecule has 4 atom stereocenters. The molecule has 0 spiro atoms. The van der Waals surface area contributed by atoms with Crippen LogP contribution in [0.5, 0.6) is 0 Å². The second-order valence-electron chi connectivity index (χ2n) is 11.8. The molecule has 50 heavy (non-hydrogen) atoms. The summed E-state index contributed by atoms with van der Waals surface area (Å²) in [5.74, 6) is -6.22. The number of esters is 1. The first-order valence-corrected chi connectivity index (χ1v) is 16.7. The molecule has 1 fully saturated rings. The van der Waals surface area contributed by atoms with E-state index in [1.807, 2.05) is 44.2 Å². The number of thioether (sulfide) groups is 1. The van der Waals surface area contributed by atoms with E-state index in [-0.39, 0.29) is 48.3 Å². The number of fused-ring (bicyclic) bond motifs is 1. The number of nitrogens with two attached hydrogens (primary N) is 2. The minimum Gasteiger partial charge on any atom is -0.477 e. The summed E-state index contributed by atoms with van der Waals surface area (Å²) in [5, 5.41) is 19.1. The molecule has 2 heterocycles. The van der Waals surface area contributed by atoms with Crippen LogP contribution < -0.4 is 16.8 Å². The summed E-state index contributed by atoms with van der Waals surface area (Å²) >= 11 is 6.94. The molecule has 3 rings (SSSR count). The number of ketones is 1. The van der Waals surface area contributed by atoms with Gasteiger partial charge < -0.3 is 36.6 Å². The van der Waals surface area contributed by atoms with Crippen molar-refractivity contribution in [3.05, 3.63) is 47.2 Å². The Morgan fingerprint density at radius 2 is 1.74 bits per heavy atom. The van der Waals surface area contributed by atoms with Crippen molar-refractivity contribution >= 4 is 64.5 Å². The lowest BCUT2D eigenvalue weighted by Gasteiger charge is -2.53. The predicted molar refractivity (Wildman–Crippen MR) is 179 cm³/mol. The van der Waals surface area contributed by atoms with Gasteiger partial charge in [-0.2, -0.15) is 13.2 Å². The molecule has 276 valence electrons. The van der Waals surface area contributed by atoms with Gasteiger partial charge in [0.15, 0.2) is 11.3 Å². The van der Waals surface area contributed by atoms with Crippen LogP contribution in [-0.2, 0) is 39.9 Å². The van der Waals surface area contributed by atoms with Crippen molar-refractivity contribution in [2.75, 3.05) is 25.4 Å². The van der Waals surface area contributed by atoms with Crippen molar-refractivity contribution in [3.8, 4) is 0 Å². The molecule has 0 bridgehead atoms. The normalized spacial score (nSPS) is 18.8. The number of amides is 2. The highest BCUT2D eigenvalue weighted by Gasteiger charge is 2.56. The highest BCUT2D eigenvalue weighted by molar-refractivity contribution is 8.00. The average Bonchev–Trinajstić information content (AvgIpc) is 3.03. The number of thiocarbonyl (C=S) groups is 1. The Morgan fingerprint density at radius 3 is 2.22 bits per heavy atom. The van der Waals surface area contributed by atoms with Gasteiger partial charge in [0.05, 0.1) is 17.6 Å². The Hall–Kier alpha value is -4.07. The molecule has 0 unspecified atom stereocenters. The maximum Gasteiger partial charge on any atom is 0.490 e. The zero-order valence-electron chi connectivity index (χ0n) is 27.7. The fourth-order valence-corrected chi connectivity index (χ4v) is 7.01. The lowest BCUT2D eigenvalue weighted by molar-refractivity contribution is -0.192. The van der Waals surface area contributed by atoms with Crippen LogP contribution in [0, 0.1) is 5.92 Å². The highest BCUT2D eigenvalue weighted by Crippen LogP contribution is 2.42. The molecular formula is C31H40F3N5O9S2. The molecule has 1 aromatic carbocycles. The van der Waals surface area contributed by atoms with Crippen LogP contribution in [0.3, 0.4) is 0 Å². The lowest BCUT2D eigenvalue weighted by Crippen LogP contribution is -2.72. The number of rotatable bonds is 14. The van der Waals surface area contributed by atoms with Crippen LogP contribution in [0.1, 0.15) is 39.7 Å². The number of carboxylic acids is 2. The molecule has 0 saturated carbocycles. The standard InChI is InChI=1S/C29H39N5O7S2.C2HF3O2/c1-5-33(23-25(37)34-22(27(38)39)19(14-41-17(4)35)15-43-26(23)34)21(42)13-32-28(40)29(31,12-16(2)3)24(36)20(30)11-18-9-7-6-8-10-18;3-2(4,5)1(6)7/h6-10,16,20,23,26H,5,11-15,30-31H2,1-4H3,(H,32,40)(H,38,39);(H,6,7)/t20-,23+,26-,29+;/m0./s1. The Labute approximate surface area is 295 Å². The van der Waals surface area contributed by atoms with Crippen LogP contribution in [0.2, 0.25) is 0 Å². The van der Waals surface area contributed by atoms with Crippen molar-refractivity contribution in [3.63, 3.8) is 0 Å². The monoisotopic (exact) mass is 747 g/mol. The number of hydrogen-bond acceptors (Lipinski definition) is 11. The van der Waals surface area contributed by atoms with Gasteiger partial charge in [-0.3, -0.25) is 24.1 Å². The molecule has 7 N–H and O–H groups in total. The molecule has 0 aliphatic carbocycles. The van der Waals surface area contributed by atoms with E-state index >= 15 is 0 Å². The number of carbonyl (C=O) groups is 6. The van der Waals surface area contributed by atoms with Crippen LogP contribution in [0.25, 0.3) is 0 Å². The van der Waals surface area contributed by atoms with Gasteiger partial charge in [0.1, 0.15) is 23.7 Å². The minimum absolute atomic E-state index is 0.0686. The highest BCUT2D eigenvalue weighted by atomic mass is 32.2. The zero-order chi connectivity index (χ0) is 38.1. The van der Waals surface area contributed by atoms with E-state index in [4.69, 9.17) is 38.3 Å². The van der Waals surface area contributed by atoms with Gasteiger partial charge in [-0.1, -0.05) is 56.4 Å². The topological polar surface area (TPSA) is 223 Å². The second-order valence-corrected chi connectivity index (χ2v) is 13.4. The van der Waals surface area contributed by atoms with E-state index in [1.165, 1.54) is 23.6 Å². The number of nitrogens with zero attached hydrogens (tertiary/aromatic N) is 2. The van der Waals surface area contributed by atoms with Gasteiger partial charge in [0.25, 0.3) is 5.91 Å². The molecule has 14 nitrogen and oxygen atoms in total. The number of β-lactam (4-membered cyclic amide) rings is 1. The Balaban J connectivity index is 0.00000112. The summed E-state index contributed by atoms with van der Waals surface area (Å²) in [7, 11) is 0. The number of ether oxygens (including phenoxy) is 1. The van der Waals surface area contributed by atoms with Crippen molar-refractivity contribution in [2.45, 2.75) is 69.7 Å². The zero-order valence-corrected chi connectivity index (χ0v) is 29.3. The van der Waals surface area contributed by atoms with E-state index < -0.39 is 64.7 Å². The van der Waals surface area contributed by atoms with Crippen LogP contribution in [0.4, 0.5) is 13.2 Å². The number of hydrogen-bond donors (Lipinski definition) is 5. The van der Waals surface area contributed by atoms with Crippen molar-refractivity contribution in [1.82, 2.24) is 15.1 Å². The van der Waals surface area contributed by atoms with Crippen molar-refractivity contribution in [2.24, 2.45) is 17.4 Å². The first-order chi connectivity index (χ1) is 23.2. The number of carbonyl (C=O) groups excluding carboxylic acids is 4. The van der Waals surface area contributed by atoms with Crippen molar-refractivity contribution in [1.29, 1.82) is 0 Å². The molecule has 0 radical (unpaired) electrons. The minimum atomic E-state index is -5.08. The summed E-state index contributed by atoms with van der Waals surface area (Å²) in [4.78, 5) is 75.4. The van der Waals surface area contributed by atoms with Gasteiger partial charge in [-0.05, 0) is 31.2 Å². The third-order valence-corrected chi connectivity index (χ3v) is 9.23. The fraction of sp³-hybridized carbons (Fsp3) is 0.516. The van der Waals surface area contributed by atoms with E-state index in [2.05, 4.69) is 5.32 Å². The predicted octanol–water partition coefficient (Wildman–Crippen LogP) is 1.45. The first-order valence-electron chi connectivity index (χ1n) is 15.2. The van der Waals surface area contributed by atoms with E-state index in [0.717, 1.165) is 5.56 Å². The number of alkyl halides is 3. The molecule has 19 heteroatoms. The number of carboxylic acid groups (broad SMARTS) is 2. The van der Waals surface area contributed by atoms with Gasteiger partial charge in [-0.25, -0.2) is 9.59 Å². The largest absolute Gasteiger partial charge is 0.490 e. The fourth-order valence-electron chi connectivity index (χ4n) is 5.30. The third kappa shape index (κ3) is 10.5. The van der Waals surface area contributed by atoms with E-state index in [1.54, 1.807) is 11.8 Å². The first kappa shape index (κ1) is 42.1. The smallest absolute Gasteiger partial charge is 0.477 e. The lowest BCUT2D eigenvalue weighted by atomic mass is 9.81. The number of benzene rings is 1.